The summed E-state index contributed by atoms with van der Waals surface area (Å²) >= 11 is 0. The van der Waals surface area contributed by atoms with E-state index in [4.69, 9.17) is 15.5 Å². The molecule has 3 aromatic carbocycles. The number of nitrogens with two attached hydrogens (primary N) is 1. The molecule has 160 valence electrons. The van der Waals surface area contributed by atoms with Gasteiger partial charge in [0.2, 0.25) is 0 Å². The Morgan fingerprint density at radius 2 is 1.58 bits per heavy atom. The van der Waals surface area contributed by atoms with Crippen molar-refractivity contribution in [2.75, 3.05) is 30.5 Å². The molecule has 0 aliphatic rings. The third-order valence-electron chi connectivity index (χ3n) is 4.67. The highest BCUT2D eigenvalue weighted by molar-refractivity contribution is 7.85. The van der Waals surface area contributed by atoms with Crippen LogP contribution >= 0.6 is 0 Å². The van der Waals surface area contributed by atoms with Crippen molar-refractivity contribution < 1.29 is 17.3 Å². The maximum atomic E-state index is 11.0. The van der Waals surface area contributed by atoms with Crippen LogP contribution in [0.5, 0.6) is 0 Å². The van der Waals surface area contributed by atoms with E-state index in [1.807, 2.05) is 66.7 Å². The summed E-state index contributed by atoms with van der Waals surface area (Å²) in [6.07, 6.45) is 1.01. The molecule has 0 saturated carbocycles. The Morgan fingerprint density at radius 3 is 2.23 bits per heavy atom. The van der Waals surface area contributed by atoms with Gasteiger partial charge in [-0.25, -0.2) is 4.98 Å². The van der Waals surface area contributed by atoms with Crippen molar-refractivity contribution in [3.63, 3.8) is 0 Å². The minimum absolute atomic E-state index is 0.0265. The van der Waals surface area contributed by atoms with E-state index in [0.29, 0.717) is 5.69 Å². The van der Waals surface area contributed by atoms with Crippen LogP contribution in [0, 0.1) is 0 Å². The normalized spacial score (nSPS) is 11.8. The summed E-state index contributed by atoms with van der Waals surface area (Å²) in [5.41, 5.74) is 11.2. The lowest BCUT2D eigenvalue weighted by molar-refractivity contribution is 0.0911. The summed E-state index contributed by atoms with van der Waals surface area (Å²) in [4.78, 5) is 4.75. The van der Waals surface area contributed by atoms with Gasteiger partial charge in [-0.3, -0.25) is 4.18 Å². The van der Waals surface area contributed by atoms with Gasteiger partial charge in [0.05, 0.1) is 42.8 Å². The van der Waals surface area contributed by atoms with Crippen molar-refractivity contribution >= 4 is 49.0 Å². The minimum Gasteiger partial charge on any atom is -0.399 e. The molecule has 0 fully saturated rings. The Balaban J connectivity index is 1.59. The van der Waals surface area contributed by atoms with Gasteiger partial charge < -0.3 is 15.8 Å². The molecule has 0 unspecified atom stereocenters. The highest BCUT2D eigenvalue weighted by atomic mass is 32.2. The van der Waals surface area contributed by atoms with Crippen molar-refractivity contribution in [2.45, 2.75) is 6.61 Å². The molecule has 31 heavy (non-hydrogen) atoms. The van der Waals surface area contributed by atoms with E-state index < -0.39 is 10.1 Å². The first-order valence-electron chi connectivity index (χ1n) is 9.75. The fourth-order valence-corrected chi connectivity index (χ4v) is 3.80. The highest BCUT2D eigenvalue weighted by Gasteiger charge is 2.10. The van der Waals surface area contributed by atoms with Crippen LogP contribution in [-0.4, -0.2) is 32.9 Å². The first-order valence-corrected chi connectivity index (χ1v) is 11.6. The second kappa shape index (κ2) is 8.89. The summed E-state index contributed by atoms with van der Waals surface area (Å²) in [5.74, 6) is 0. The van der Waals surface area contributed by atoms with Crippen molar-refractivity contribution in [3.05, 3.63) is 72.3 Å². The predicted molar refractivity (Wildman–Crippen MR) is 124 cm³/mol. The molecule has 0 radical (unpaired) electrons. The molecule has 0 atom stereocenters. The average Bonchev–Trinajstić information content (AvgIpc) is 2.72. The van der Waals surface area contributed by atoms with Crippen LogP contribution in [0.1, 0.15) is 5.56 Å². The van der Waals surface area contributed by atoms with Crippen LogP contribution in [0.25, 0.3) is 21.8 Å². The Hall–Kier alpha value is -3.20. The lowest BCUT2D eigenvalue weighted by Crippen LogP contribution is -2.09. The third kappa shape index (κ3) is 5.29. The van der Waals surface area contributed by atoms with Crippen LogP contribution in [-0.2, 0) is 25.6 Å². The molecule has 0 aliphatic heterocycles. The molecular weight excluding hydrogens is 414 g/mol. The number of para-hydroxylation sites is 2. The number of fused-ring (bicyclic) bond motifs is 2. The number of aromatic nitrogens is 1. The fourth-order valence-electron chi connectivity index (χ4n) is 3.43. The van der Waals surface area contributed by atoms with Gasteiger partial charge in [0, 0.05) is 22.1 Å². The molecule has 8 heteroatoms. The average molecular weight is 438 g/mol. The summed E-state index contributed by atoms with van der Waals surface area (Å²) in [6, 6.07) is 21.6. The second-order valence-electron chi connectivity index (χ2n) is 7.19. The number of rotatable bonds is 8. The van der Waals surface area contributed by atoms with E-state index in [1.165, 1.54) is 0 Å². The summed E-state index contributed by atoms with van der Waals surface area (Å²) in [7, 11) is -3.47. The van der Waals surface area contributed by atoms with Crippen LogP contribution in [0.2, 0.25) is 0 Å². The molecule has 1 aromatic heterocycles. The quantitative estimate of drug-likeness (QED) is 0.184. The SMILES string of the molecule is CS(=O)(=O)OCCOCc1cc(N)cc(Nc2c3ccccc3nc3ccccc23)c1. The fraction of sp³-hybridized carbons (Fsp3) is 0.174. The standard InChI is InChI=1S/C23H23N3O4S/c1-31(27,28)30-11-10-29-15-16-12-17(24)14-18(13-16)25-23-19-6-2-4-8-21(19)26-22-9-5-3-7-20(22)23/h2-9,12-14H,10-11,15,24H2,1H3,(H,25,26). The molecular formula is C23H23N3O4S. The van der Waals surface area contributed by atoms with Gasteiger partial charge in [-0.2, -0.15) is 8.42 Å². The van der Waals surface area contributed by atoms with Crippen LogP contribution in [0.15, 0.2) is 66.7 Å². The van der Waals surface area contributed by atoms with E-state index >= 15 is 0 Å². The number of nitrogens with zero attached hydrogens (tertiary/aromatic N) is 1. The Labute approximate surface area is 180 Å². The van der Waals surface area contributed by atoms with Gasteiger partial charge >= 0.3 is 0 Å². The largest absolute Gasteiger partial charge is 0.399 e. The molecule has 1 heterocycles. The summed E-state index contributed by atoms with van der Waals surface area (Å²) in [6.45, 7) is 0.413. The highest BCUT2D eigenvalue weighted by Crippen LogP contribution is 2.33. The van der Waals surface area contributed by atoms with Crippen molar-refractivity contribution in [2.24, 2.45) is 0 Å². The van der Waals surface area contributed by atoms with E-state index in [9.17, 15) is 8.42 Å². The number of benzene rings is 3. The number of pyridine rings is 1. The first-order chi connectivity index (χ1) is 14.9. The molecule has 4 rings (SSSR count). The predicted octanol–water partition coefficient (Wildman–Crippen LogP) is 4.21. The number of nitrogens with one attached hydrogen (secondary N) is 1. The molecule has 7 nitrogen and oxygen atoms in total. The lowest BCUT2D eigenvalue weighted by Gasteiger charge is -2.15. The number of hydrogen-bond donors (Lipinski definition) is 2. The summed E-state index contributed by atoms with van der Waals surface area (Å²) in [5, 5.41) is 5.54. The maximum Gasteiger partial charge on any atom is 0.264 e. The van der Waals surface area contributed by atoms with Crippen molar-refractivity contribution in [1.82, 2.24) is 4.98 Å². The van der Waals surface area contributed by atoms with Gasteiger partial charge in [0.15, 0.2) is 0 Å². The van der Waals surface area contributed by atoms with Crippen LogP contribution in [0.4, 0.5) is 17.1 Å². The summed E-state index contributed by atoms with van der Waals surface area (Å²) < 4.78 is 32.2. The molecule has 0 bridgehead atoms. The Bertz CT molecular complexity index is 1290. The maximum absolute atomic E-state index is 11.0. The lowest BCUT2D eigenvalue weighted by atomic mass is 10.1. The van der Waals surface area contributed by atoms with E-state index in [0.717, 1.165) is 45.0 Å². The zero-order valence-corrected chi connectivity index (χ0v) is 17.9. The zero-order chi connectivity index (χ0) is 21.8. The third-order valence-corrected chi connectivity index (χ3v) is 5.26. The van der Waals surface area contributed by atoms with Gasteiger partial charge in [0.1, 0.15) is 0 Å². The van der Waals surface area contributed by atoms with Gasteiger partial charge in [0.25, 0.3) is 10.1 Å². The molecule has 4 aromatic rings. The van der Waals surface area contributed by atoms with Gasteiger partial charge in [-0.15, -0.1) is 0 Å². The molecule has 3 N–H and O–H groups in total. The van der Waals surface area contributed by atoms with Crippen molar-refractivity contribution in [3.8, 4) is 0 Å². The second-order valence-corrected chi connectivity index (χ2v) is 8.83. The van der Waals surface area contributed by atoms with Crippen LogP contribution in [0.3, 0.4) is 0 Å². The zero-order valence-electron chi connectivity index (χ0n) is 17.0. The Kier molecular flexibility index (Phi) is 6.03. The number of ether oxygens (including phenoxy) is 1. The van der Waals surface area contributed by atoms with Gasteiger partial charge in [-0.1, -0.05) is 36.4 Å². The molecule has 0 spiro atoms. The van der Waals surface area contributed by atoms with Gasteiger partial charge in [-0.05, 0) is 35.9 Å². The van der Waals surface area contributed by atoms with E-state index in [1.54, 1.807) is 0 Å². The monoisotopic (exact) mass is 437 g/mol. The molecule has 0 amide bonds. The molecule has 0 saturated heterocycles. The smallest absolute Gasteiger partial charge is 0.264 e. The van der Waals surface area contributed by atoms with Crippen LogP contribution < -0.4 is 11.1 Å². The van der Waals surface area contributed by atoms with E-state index in [2.05, 4.69) is 9.50 Å². The number of hydrogen-bond acceptors (Lipinski definition) is 7. The van der Waals surface area contributed by atoms with Crippen molar-refractivity contribution in [1.29, 1.82) is 0 Å². The number of anilines is 3. The first kappa shape index (κ1) is 21.0. The van der Waals surface area contributed by atoms with E-state index in [-0.39, 0.29) is 19.8 Å². The molecule has 0 aliphatic carbocycles. The number of nitrogen functional groups attached to an aromatic ring is 1. The Morgan fingerprint density at radius 1 is 0.935 bits per heavy atom. The topological polar surface area (TPSA) is 104 Å². The minimum atomic E-state index is -3.47.